The lowest BCUT2D eigenvalue weighted by atomic mass is 9.95. The Hall–Kier alpha value is -3.06. The SMILES string of the molecule is N#C/C(=C\c1cccc(Oc2ccccc2)c1)C(=O)NC1CCCCC1. The monoisotopic (exact) mass is 346 g/mol. The van der Waals surface area contributed by atoms with Gasteiger partial charge in [0.15, 0.2) is 0 Å². The van der Waals surface area contributed by atoms with Gasteiger partial charge >= 0.3 is 0 Å². The van der Waals surface area contributed by atoms with Crippen molar-refractivity contribution < 1.29 is 9.53 Å². The van der Waals surface area contributed by atoms with Gasteiger partial charge in [0.05, 0.1) is 0 Å². The van der Waals surface area contributed by atoms with Crippen molar-refractivity contribution in [3.63, 3.8) is 0 Å². The first-order valence-electron chi connectivity index (χ1n) is 9.00. The maximum atomic E-state index is 12.4. The molecule has 1 aliphatic rings. The number of nitrogens with zero attached hydrogens (tertiary/aromatic N) is 1. The summed E-state index contributed by atoms with van der Waals surface area (Å²) in [4.78, 5) is 12.4. The van der Waals surface area contributed by atoms with E-state index in [1.165, 1.54) is 6.42 Å². The molecule has 2 aromatic rings. The number of para-hydroxylation sites is 1. The number of amides is 1. The zero-order valence-electron chi connectivity index (χ0n) is 14.7. The lowest BCUT2D eigenvalue weighted by molar-refractivity contribution is -0.117. The minimum Gasteiger partial charge on any atom is -0.457 e. The first-order valence-corrected chi connectivity index (χ1v) is 9.00. The van der Waals surface area contributed by atoms with Gasteiger partial charge in [-0.05, 0) is 48.7 Å². The van der Waals surface area contributed by atoms with Gasteiger partial charge in [0, 0.05) is 6.04 Å². The van der Waals surface area contributed by atoms with E-state index < -0.39 is 0 Å². The molecule has 26 heavy (non-hydrogen) atoms. The highest BCUT2D eigenvalue weighted by molar-refractivity contribution is 6.01. The molecule has 1 N–H and O–H groups in total. The number of ether oxygens (including phenoxy) is 1. The third-order valence-corrected chi connectivity index (χ3v) is 4.45. The topological polar surface area (TPSA) is 62.1 Å². The molecule has 132 valence electrons. The Labute approximate surface area is 154 Å². The van der Waals surface area contributed by atoms with E-state index in [0.717, 1.165) is 37.0 Å². The van der Waals surface area contributed by atoms with Crippen molar-refractivity contribution in [3.8, 4) is 17.6 Å². The molecule has 0 atom stereocenters. The Morgan fingerprint density at radius 2 is 1.77 bits per heavy atom. The molecule has 4 heteroatoms. The Kier molecular flexibility index (Phi) is 6.05. The van der Waals surface area contributed by atoms with Crippen LogP contribution in [-0.4, -0.2) is 11.9 Å². The molecule has 4 nitrogen and oxygen atoms in total. The van der Waals surface area contributed by atoms with E-state index in [-0.39, 0.29) is 17.5 Å². The smallest absolute Gasteiger partial charge is 0.262 e. The third-order valence-electron chi connectivity index (χ3n) is 4.45. The quantitative estimate of drug-likeness (QED) is 0.623. The molecule has 1 aliphatic carbocycles. The molecule has 0 spiro atoms. The fraction of sp³-hybridized carbons (Fsp3) is 0.273. The zero-order chi connectivity index (χ0) is 18.2. The highest BCUT2D eigenvalue weighted by Gasteiger charge is 2.18. The number of nitrogens with one attached hydrogen (secondary N) is 1. The summed E-state index contributed by atoms with van der Waals surface area (Å²) >= 11 is 0. The van der Waals surface area contributed by atoms with Crippen LogP contribution in [0.15, 0.2) is 60.2 Å². The molecule has 1 saturated carbocycles. The van der Waals surface area contributed by atoms with Crippen molar-refractivity contribution >= 4 is 12.0 Å². The second-order valence-corrected chi connectivity index (χ2v) is 6.47. The van der Waals surface area contributed by atoms with Gasteiger partial charge in [-0.25, -0.2) is 0 Å². The molecular formula is C22H22N2O2. The average molecular weight is 346 g/mol. The summed E-state index contributed by atoms with van der Waals surface area (Å²) in [6.45, 7) is 0. The summed E-state index contributed by atoms with van der Waals surface area (Å²) in [5.41, 5.74) is 0.876. The molecule has 1 amide bonds. The first kappa shape index (κ1) is 17.8. The molecule has 3 rings (SSSR count). The van der Waals surface area contributed by atoms with Crippen LogP contribution in [-0.2, 0) is 4.79 Å². The highest BCUT2D eigenvalue weighted by Crippen LogP contribution is 2.23. The molecule has 0 aliphatic heterocycles. The maximum absolute atomic E-state index is 12.4. The van der Waals surface area contributed by atoms with Crippen LogP contribution < -0.4 is 10.1 Å². The number of benzene rings is 2. The van der Waals surface area contributed by atoms with Crippen LogP contribution in [0.3, 0.4) is 0 Å². The van der Waals surface area contributed by atoms with Gasteiger partial charge in [-0.2, -0.15) is 5.26 Å². The second kappa shape index (κ2) is 8.87. The Morgan fingerprint density at radius 3 is 2.50 bits per heavy atom. The molecule has 1 fully saturated rings. The van der Waals surface area contributed by atoms with Crippen molar-refractivity contribution in [2.45, 2.75) is 38.1 Å². The lowest BCUT2D eigenvalue weighted by Gasteiger charge is -2.22. The van der Waals surface area contributed by atoms with Gasteiger partial charge in [-0.15, -0.1) is 0 Å². The standard InChI is InChI=1S/C22H22N2O2/c23-16-18(22(25)24-19-9-3-1-4-10-19)14-17-8-7-13-21(15-17)26-20-11-5-2-6-12-20/h2,5-8,11-15,19H,1,3-4,9-10H2,(H,24,25)/b18-14+. The number of nitriles is 1. The number of carbonyl (C=O) groups is 1. The van der Waals surface area contributed by atoms with Gasteiger partial charge in [0.1, 0.15) is 23.1 Å². The Balaban J connectivity index is 1.71. The van der Waals surface area contributed by atoms with Crippen LogP contribution in [0, 0.1) is 11.3 Å². The second-order valence-electron chi connectivity index (χ2n) is 6.47. The minimum atomic E-state index is -0.297. The van der Waals surface area contributed by atoms with Gasteiger partial charge < -0.3 is 10.1 Å². The number of hydrogen-bond donors (Lipinski definition) is 1. The van der Waals surface area contributed by atoms with Gasteiger partial charge in [0.2, 0.25) is 0 Å². The van der Waals surface area contributed by atoms with E-state index >= 15 is 0 Å². The molecule has 2 aromatic carbocycles. The normalized spacial score (nSPS) is 15.1. The van der Waals surface area contributed by atoms with Crippen molar-refractivity contribution in [1.29, 1.82) is 5.26 Å². The van der Waals surface area contributed by atoms with Crippen LogP contribution >= 0.6 is 0 Å². The predicted molar refractivity (Wildman–Crippen MR) is 102 cm³/mol. The number of rotatable bonds is 5. The van der Waals surface area contributed by atoms with Gasteiger partial charge in [-0.1, -0.05) is 49.6 Å². The van der Waals surface area contributed by atoms with Crippen molar-refractivity contribution in [1.82, 2.24) is 5.32 Å². The van der Waals surface area contributed by atoms with Crippen LogP contribution in [0.2, 0.25) is 0 Å². The Bertz CT molecular complexity index is 816. The zero-order valence-corrected chi connectivity index (χ0v) is 14.7. The fourth-order valence-electron chi connectivity index (χ4n) is 3.12. The summed E-state index contributed by atoms with van der Waals surface area (Å²) in [6.07, 6.45) is 7.08. The van der Waals surface area contributed by atoms with E-state index in [1.54, 1.807) is 6.08 Å². The molecule has 0 unspecified atom stereocenters. The molecule has 0 bridgehead atoms. The number of carbonyl (C=O) groups excluding carboxylic acids is 1. The summed E-state index contributed by atoms with van der Waals surface area (Å²) in [6, 6.07) is 19.0. The minimum absolute atomic E-state index is 0.118. The van der Waals surface area contributed by atoms with E-state index in [9.17, 15) is 10.1 Å². The van der Waals surface area contributed by atoms with E-state index in [0.29, 0.717) is 5.75 Å². The van der Waals surface area contributed by atoms with Crippen LogP contribution in [0.5, 0.6) is 11.5 Å². The van der Waals surface area contributed by atoms with Crippen molar-refractivity contribution in [2.24, 2.45) is 0 Å². The highest BCUT2D eigenvalue weighted by atomic mass is 16.5. The summed E-state index contributed by atoms with van der Waals surface area (Å²) in [7, 11) is 0. The molecule has 0 saturated heterocycles. The third kappa shape index (κ3) is 4.97. The van der Waals surface area contributed by atoms with Crippen LogP contribution in [0.4, 0.5) is 0 Å². The Morgan fingerprint density at radius 1 is 1.04 bits per heavy atom. The molecule has 0 radical (unpaired) electrons. The largest absolute Gasteiger partial charge is 0.457 e. The maximum Gasteiger partial charge on any atom is 0.262 e. The first-order chi connectivity index (χ1) is 12.7. The fourth-order valence-corrected chi connectivity index (χ4v) is 3.12. The van der Waals surface area contributed by atoms with Crippen LogP contribution in [0.1, 0.15) is 37.7 Å². The average Bonchev–Trinajstić information content (AvgIpc) is 2.68. The van der Waals surface area contributed by atoms with Gasteiger partial charge in [0.25, 0.3) is 5.91 Å². The predicted octanol–water partition coefficient (Wildman–Crippen LogP) is 4.83. The molecule has 0 aromatic heterocycles. The van der Waals surface area contributed by atoms with Crippen LogP contribution in [0.25, 0.3) is 6.08 Å². The van der Waals surface area contributed by atoms with Crippen molar-refractivity contribution in [2.75, 3.05) is 0 Å². The lowest BCUT2D eigenvalue weighted by Crippen LogP contribution is -2.36. The number of hydrogen-bond acceptors (Lipinski definition) is 3. The van der Waals surface area contributed by atoms with Crippen molar-refractivity contribution in [3.05, 3.63) is 65.7 Å². The molecule has 0 heterocycles. The van der Waals surface area contributed by atoms with E-state index in [4.69, 9.17) is 4.74 Å². The summed E-state index contributed by atoms with van der Waals surface area (Å²) in [5, 5.41) is 12.4. The van der Waals surface area contributed by atoms with E-state index in [1.807, 2.05) is 60.7 Å². The summed E-state index contributed by atoms with van der Waals surface area (Å²) < 4.78 is 5.80. The summed E-state index contributed by atoms with van der Waals surface area (Å²) in [5.74, 6) is 1.10. The van der Waals surface area contributed by atoms with Gasteiger partial charge in [-0.3, -0.25) is 4.79 Å². The molecular weight excluding hydrogens is 324 g/mol. The van der Waals surface area contributed by atoms with E-state index in [2.05, 4.69) is 5.32 Å².